The molecular formula is C25H26ClN3O3S. The summed E-state index contributed by atoms with van der Waals surface area (Å²) in [4.78, 5) is 12.8. The lowest BCUT2D eigenvalue weighted by Gasteiger charge is -2.24. The first-order chi connectivity index (χ1) is 15.7. The van der Waals surface area contributed by atoms with Gasteiger partial charge >= 0.3 is 0 Å². The maximum atomic E-state index is 13.4. The molecule has 0 aromatic heterocycles. The molecule has 0 atom stereocenters. The molecule has 0 bridgehead atoms. The third kappa shape index (κ3) is 6.21. The molecule has 0 spiro atoms. The van der Waals surface area contributed by atoms with E-state index in [0.717, 1.165) is 15.4 Å². The summed E-state index contributed by atoms with van der Waals surface area (Å²) in [5, 5.41) is 4.71. The van der Waals surface area contributed by atoms with Crippen LogP contribution in [0.25, 0.3) is 0 Å². The Balaban J connectivity index is 1.87. The highest BCUT2D eigenvalue weighted by molar-refractivity contribution is 7.92. The van der Waals surface area contributed by atoms with Gasteiger partial charge < -0.3 is 0 Å². The maximum Gasteiger partial charge on any atom is 0.264 e. The number of nitrogens with zero attached hydrogens (tertiary/aromatic N) is 2. The Labute approximate surface area is 200 Å². The second-order valence-electron chi connectivity index (χ2n) is 7.81. The summed E-state index contributed by atoms with van der Waals surface area (Å²) in [5.74, 6) is -0.262. The molecule has 1 amide bonds. The monoisotopic (exact) mass is 483 g/mol. The fraction of sp³-hybridized carbons (Fsp3) is 0.200. The first kappa shape index (κ1) is 24.5. The quantitative estimate of drug-likeness (QED) is 0.353. The molecule has 6 nitrogen and oxygen atoms in total. The lowest BCUT2D eigenvalue weighted by molar-refractivity contribution is -0.119. The summed E-state index contributed by atoms with van der Waals surface area (Å²) in [6.07, 6.45) is 0. The van der Waals surface area contributed by atoms with E-state index >= 15 is 0 Å². The first-order valence-corrected chi connectivity index (χ1v) is 12.3. The summed E-state index contributed by atoms with van der Waals surface area (Å²) in [5.41, 5.74) is 5.29. The highest BCUT2D eigenvalue weighted by Gasteiger charge is 2.27. The highest BCUT2D eigenvalue weighted by atomic mass is 35.5. The van der Waals surface area contributed by atoms with Crippen LogP contribution in [-0.2, 0) is 14.8 Å². The fourth-order valence-electron chi connectivity index (χ4n) is 3.13. The Morgan fingerprint density at radius 3 is 2.15 bits per heavy atom. The minimum absolute atomic E-state index is 0.103. The summed E-state index contributed by atoms with van der Waals surface area (Å²) in [7, 11) is -3.97. The van der Waals surface area contributed by atoms with Crippen LogP contribution in [0.2, 0.25) is 5.02 Å². The number of anilines is 1. The van der Waals surface area contributed by atoms with Crippen molar-refractivity contribution >= 4 is 38.9 Å². The minimum atomic E-state index is -3.97. The van der Waals surface area contributed by atoms with Gasteiger partial charge in [0.2, 0.25) is 0 Å². The largest absolute Gasteiger partial charge is 0.271 e. The van der Waals surface area contributed by atoms with Gasteiger partial charge in [-0.15, -0.1) is 0 Å². The third-order valence-corrected chi connectivity index (χ3v) is 7.12. The van der Waals surface area contributed by atoms with E-state index in [1.54, 1.807) is 61.5 Å². The van der Waals surface area contributed by atoms with Gasteiger partial charge in [0, 0.05) is 5.02 Å². The molecule has 0 saturated heterocycles. The molecule has 3 aromatic rings. The van der Waals surface area contributed by atoms with Crippen LogP contribution in [0.5, 0.6) is 0 Å². The van der Waals surface area contributed by atoms with Crippen molar-refractivity contribution in [3.05, 3.63) is 95.0 Å². The van der Waals surface area contributed by atoms with Crippen molar-refractivity contribution in [2.75, 3.05) is 10.8 Å². The van der Waals surface area contributed by atoms with E-state index in [1.807, 2.05) is 12.1 Å². The predicted octanol–water partition coefficient (Wildman–Crippen LogP) is 5.20. The standard InChI is InChI=1S/C25H26ClN3O3S/c1-18(2)20-11-15-23(16-12-20)29(33(31,32)24-7-5-4-6-8-24)17-25(30)28-27-19(3)21-9-13-22(26)14-10-21/h4-16,18H,17H2,1-3H3,(H,28,30)/b27-19-. The van der Waals surface area contributed by atoms with Crippen molar-refractivity contribution in [3.63, 3.8) is 0 Å². The molecule has 0 heterocycles. The van der Waals surface area contributed by atoms with E-state index in [4.69, 9.17) is 11.6 Å². The van der Waals surface area contributed by atoms with Crippen LogP contribution in [0.1, 0.15) is 37.8 Å². The number of hydrogen-bond acceptors (Lipinski definition) is 4. The molecule has 0 aliphatic rings. The number of carbonyl (C=O) groups is 1. The molecule has 3 rings (SSSR count). The molecule has 33 heavy (non-hydrogen) atoms. The van der Waals surface area contributed by atoms with E-state index in [0.29, 0.717) is 22.3 Å². The number of benzene rings is 3. The van der Waals surface area contributed by atoms with Gasteiger partial charge in [-0.3, -0.25) is 9.10 Å². The lowest BCUT2D eigenvalue weighted by atomic mass is 10.0. The van der Waals surface area contributed by atoms with E-state index in [2.05, 4.69) is 24.4 Å². The number of hydrogen-bond donors (Lipinski definition) is 1. The third-order valence-electron chi connectivity index (χ3n) is 5.08. The van der Waals surface area contributed by atoms with Crippen LogP contribution >= 0.6 is 11.6 Å². The van der Waals surface area contributed by atoms with E-state index in [-0.39, 0.29) is 4.90 Å². The number of amides is 1. The van der Waals surface area contributed by atoms with Crippen LogP contribution in [-0.4, -0.2) is 26.6 Å². The molecule has 3 aromatic carbocycles. The number of carbonyl (C=O) groups excluding carboxylic acids is 1. The SMILES string of the molecule is C/C(=N/NC(=O)CN(c1ccc(C(C)C)cc1)S(=O)(=O)c1ccccc1)c1ccc(Cl)cc1. The Hall–Kier alpha value is -3.16. The second-order valence-corrected chi connectivity index (χ2v) is 10.1. The highest BCUT2D eigenvalue weighted by Crippen LogP contribution is 2.25. The van der Waals surface area contributed by atoms with Crippen molar-refractivity contribution in [3.8, 4) is 0 Å². The van der Waals surface area contributed by atoms with Crippen molar-refractivity contribution in [1.29, 1.82) is 0 Å². The average molecular weight is 484 g/mol. The molecule has 0 unspecified atom stereocenters. The van der Waals surface area contributed by atoms with Crippen molar-refractivity contribution in [1.82, 2.24) is 5.43 Å². The molecule has 0 fully saturated rings. The molecule has 8 heteroatoms. The van der Waals surface area contributed by atoms with Crippen LogP contribution < -0.4 is 9.73 Å². The van der Waals surface area contributed by atoms with E-state index < -0.39 is 22.5 Å². The molecule has 0 saturated carbocycles. The van der Waals surface area contributed by atoms with Crippen LogP contribution in [0, 0.1) is 0 Å². The van der Waals surface area contributed by atoms with E-state index in [1.165, 1.54) is 12.1 Å². The average Bonchev–Trinajstić information content (AvgIpc) is 2.82. The Morgan fingerprint density at radius 2 is 1.58 bits per heavy atom. The topological polar surface area (TPSA) is 78.8 Å². The van der Waals surface area contributed by atoms with Gasteiger partial charge in [-0.05, 0) is 60.4 Å². The van der Waals surface area contributed by atoms with Gasteiger partial charge in [-0.25, -0.2) is 13.8 Å². The Morgan fingerprint density at radius 1 is 0.970 bits per heavy atom. The molecule has 0 radical (unpaired) electrons. The van der Waals surface area contributed by atoms with Crippen LogP contribution in [0.3, 0.4) is 0 Å². The van der Waals surface area contributed by atoms with Crippen LogP contribution in [0.15, 0.2) is 88.9 Å². The molecular weight excluding hydrogens is 458 g/mol. The number of rotatable bonds is 8. The number of sulfonamides is 1. The van der Waals surface area contributed by atoms with Gasteiger partial charge in [0.05, 0.1) is 16.3 Å². The number of nitrogens with one attached hydrogen (secondary N) is 1. The zero-order chi connectivity index (χ0) is 24.0. The van der Waals surface area contributed by atoms with E-state index in [9.17, 15) is 13.2 Å². The van der Waals surface area contributed by atoms with Gasteiger partial charge in [0.25, 0.3) is 15.9 Å². The summed E-state index contributed by atoms with van der Waals surface area (Å²) >= 11 is 5.91. The zero-order valence-electron chi connectivity index (χ0n) is 18.7. The minimum Gasteiger partial charge on any atom is -0.271 e. The number of halogens is 1. The fourth-order valence-corrected chi connectivity index (χ4v) is 4.70. The predicted molar refractivity (Wildman–Crippen MR) is 133 cm³/mol. The molecule has 1 N–H and O–H groups in total. The van der Waals surface area contributed by atoms with Gasteiger partial charge in [-0.2, -0.15) is 5.10 Å². The maximum absolute atomic E-state index is 13.4. The Kier molecular flexibility index (Phi) is 7.89. The zero-order valence-corrected chi connectivity index (χ0v) is 20.3. The Bertz CT molecular complexity index is 1220. The van der Waals surface area contributed by atoms with Crippen LogP contribution in [0.4, 0.5) is 5.69 Å². The first-order valence-electron chi connectivity index (χ1n) is 10.5. The van der Waals surface area contributed by atoms with Gasteiger partial charge in [-0.1, -0.05) is 67.9 Å². The molecule has 0 aliphatic heterocycles. The van der Waals surface area contributed by atoms with Crippen molar-refractivity contribution < 1.29 is 13.2 Å². The van der Waals surface area contributed by atoms with Gasteiger partial charge in [0.15, 0.2) is 0 Å². The summed E-state index contributed by atoms with van der Waals surface area (Å²) in [6.45, 7) is 5.44. The lowest BCUT2D eigenvalue weighted by Crippen LogP contribution is -2.39. The van der Waals surface area contributed by atoms with Crippen molar-refractivity contribution in [2.24, 2.45) is 5.10 Å². The van der Waals surface area contributed by atoms with Crippen molar-refractivity contribution in [2.45, 2.75) is 31.6 Å². The molecule has 0 aliphatic carbocycles. The number of hydrazone groups is 1. The normalized spacial score (nSPS) is 12.0. The second kappa shape index (κ2) is 10.6. The summed E-state index contributed by atoms with van der Waals surface area (Å²) < 4.78 is 27.8. The summed E-state index contributed by atoms with van der Waals surface area (Å²) in [6, 6.07) is 22.2. The van der Waals surface area contributed by atoms with Gasteiger partial charge in [0.1, 0.15) is 6.54 Å². The molecule has 172 valence electrons. The smallest absolute Gasteiger partial charge is 0.264 e.